The average molecular weight is 365 g/mol. The van der Waals surface area contributed by atoms with Gasteiger partial charge in [0.1, 0.15) is 11.5 Å². The Morgan fingerprint density at radius 1 is 1.26 bits per heavy atom. The van der Waals surface area contributed by atoms with Crippen molar-refractivity contribution in [1.82, 2.24) is 25.1 Å². The summed E-state index contributed by atoms with van der Waals surface area (Å²) in [5.41, 5.74) is 3.80. The summed E-state index contributed by atoms with van der Waals surface area (Å²) in [6, 6.07) is 10.2. The lowest BCUT2D eigenvalue weighted by molar-refractivity contribution is -0.141. The van der Waals surface area contributed by atoms with Crippen molar-refractivity contribution in [1.29, 1.82) is 0 Å². The van der Waals surface area contributed by atoms with Crippen LogP contribution in [0.2, 0.25) is 0 Å². The molecule has 1 atom stereocenters. The van der Waals surface area contributed by atoms with Gasteiger partial charge in [0, 0.05) is 30.1 Å². The lowest BCUT2D eigenvalue weighted by atomic mass is 9.96. The topological polar surface area (TPSA) is 77.0 Å². The van der Waals surface area contributed by atoms with E-state index in [1.54, 1.807) is 0 Å². The highest BCUT2D eigenvalue weighted by atomic mass is 16.5. The molecule has 0 N–H and O–H groups in total. The van der Waals surface area contributed by atoms with Crippen molar-refractivity contribution in [3.05, 3.63) is 53.5 Å². The molecular formula is C20H23N5O2. The van der Waals surface area contributed by atoms with Crippen LogP contribution >= 0.6 is 0 Å². The monoisotopic (exact) mass is 365 g/mol. The van der Waals surface area contributed by atoms with Crippen LogP contribution in [0.3, 0.4) is 0 Å². The van der Waals surface area contributed by atoms with Crippen LogP contribution in [-0.4, -0.2) is 44.0 Å². The highest BCUT2D eigenvalue weighted by Gasteiger charge is 2.35. The summed E-state index contributed by atoms with van der Waals surface area (Å²) in [6.07, 6.45) is 2.61. The Hall–Kier alpha value is -2.96. The number of nitrogens with zero attached hydrogens (tertiary/aromatic N) is 5. The molecule has 0 saturated carbocycles. The molecule has 0 aliphatic carbocycles. The Labute approximate surface area is 158 Å². The second-order valence-corrected chi connectivity index (χ2v) is 7.25. The van der Waals surface area contributed by atoms with Gasteiger partial charge < -0.3 is 9.42 Å². The molecule has 0 bridgehead atoms. The maximum atomic E-state index is 12.7. The predicted molar refractivity (Wildman–Crippen MR) is 99.9 cm³/mol. The van der Waals surface area contributed by atoms with E-state index in [0.29, 0.717) is 19.5 Å². The Morgan fingerprint density at radius 3 is 2.67 bits per heavy atom. The Morgan fingerprint density at radius 2 is 2.00 bits per heavy atom. The molecule has 0 radical (unpaired) electrons. The van der Waals surface area contributed by atoms with Crippen LogP contribution in [-0.2, 0) is 11.2 Å². The number of benzene rings is 1. The van der Waals surface area contributed by atoms with Gasteiger partial charge in [0.2, 0.25) is 5.91 Å². The number of aromatic nitrogens is 4. The van der Waals surface area contributed by atoms with E-state index in [1.165, 1.54) is 0 Å². The maximum Gasteiger partial charge on any atom is 0.225 e. The van der Waals surface area contributed by atoms with E-state index >= 15 is 0 Å². The molecule has 1 fully saturated rings. The molecule has 1 amide bonds. The minimum absolute atomic E-state index is 0.0987. The lowest BCUT2D eigenvalue weighted by Gasteiger charge is -2.40. The first-order valence-electron chi connectivity index (χ1n) is 9.20. The predicted octanol–water partition coefficient (Wildman–Crippen LogP) is 2.81. The molecule has 1 aliphatic rings. The van der Waals surface area contributed by atoms with E-state index in [4.69, 9.17) is 4.52 Å². The molecule has 7 heteroatoms. The largest absolute Gasteiger partial charge is 0.361 e. The van der Waals surface area contributed by atoms with Crippen molar-refractivity contribution >= 4 is 5.91 Å². The number of amides is 1. The second-order valence-electron chi connectivity index (χ2n) is 7.25. The number of carbonyl (C=O) groups excluding carboxylic acids is 1. The molecule has 1 saturated heterocycles. The lowest BCUT2D eigenvalue weighted by Crippen LogP contribution is -2.52. The number of rotatable bonds is 5. The Bertz CT molecular complexity index is 921. The molecule has 27 heavy (non-hydrogen) atoms. The molecule has 1 unspecified atom stereocenters. The minimum atomic E-state index is -0.0987. The minimum Gasteiger partial charge on any atom is -0.361 e. The normalized spacial score (nSPS) is 15.6. The highest BCUT2D eigenvalue weighted by molar-refractivity contribution is 5.79. The zero-order chi connectivity index (χ0) is 19.0. The molecule has 1 aliphatic heterocycles. The third-order valence-electron chi connectivity index (χ3n) is 5.24. The van der Waals surface area contributed by atoms with Crippen LogP contribution < -0.4 is 0 Å². The third kappa shape index (κ3) is 3.37. The highest BCUT2D eigenvalue weighted by Crippen LogP contribution is 2.26. The first-order chi connectivity index (χ1) is 13.0. The quantitative estimate of drug-likeness (QED) is 0.695. The SMILES string of the molecule is Cc1noc(C)c1CC(C)C(=O)N1CC(n2cc(-c3ccccc3)nn2)C1. The van der Waals surface area contributed by atoms with Crippen LogP contribution in [0.4, 0.5) is 0 Å². The van der Waals surface area contributed by atoms with Gasteiger partial charge in [-0.2, -0.15) is 0 Å². The summed E-state index contributed by atoms with van der Waals surface area (Å²) >= 11 is 0. The number of likely N-dealkylation sites (tertiary alicyclic amines) is 1. The van der Waals surface area contributed by atoms with Gasteiger partial charge in [0.15, 0.2) is 0 Å². The van der Waals surface area contributed by atoms with Gasteiger partial charge >= 0.3 is 0 Å². The summed E-state index contributed by atoms with van der Waals surface area (Å²) in [5, 5.41) is 12.5. The first kappa shape index (κ1) is 17.5. The number of hydrogen-bond donors (Lipinski definition) is 0. The summed E-state index contributed by atoms with van der Waals surface area (Å²) in [5.74, 6) is 0.859. The van der Waals surface area contributed by atoms with Crippen molar-refractivity contribution in [2.24, 2.45) is 5.92 Å². The zero-order valence-corrected chi connectivity index (χ0v) is 15.8. The molecule has 0 spiro atoms. The second kappa shape index (κ2) is 6.98. The molecule has 7 nitrogen and oxygen atoms in total. The van der Waals surface area contributed by atoms with Crippen molar-refractivity contribution in [3.63, 3.8) is 0 Å². The van der Waals surface area contributed by atoms with Crippen LogP contribution in [0, 0.1) is 19.8 Å². The van der Waals surface area contributed by atoms with E-state index < -0.39 is 0 Å². The Balaban J connectivity index is 1.35. The van der Waals surface area contributed by atoms with Crippen molar-refractivity contribution in [2.75, 3.05) is 13.1 Å². The maximum absolute atomic E-state index is 12.7. The number of carbonyl (C=O) groups is 1. The van der Waals surface area contributed by atoms with Crippen molar-refractivity contribution < 1.29 is 9.32 Å². The molecule has 3 aromatic rings. The zero-order valence-electron chi connectivity index (χ0n) is 15.8. The average Bonchev–Trinajstić information content (AvgIpc) is 3.23. The fourth-order valence-electron chi connectivity index (χ4n) is 3.50. The number of aryl methyl sites for hydroxylation is 2. The molecule has 4 rings (SSSR count). The summed E-state index contributed by atoms with van der Waals surface area (Å²) in [6.45, 7) is 7.11. The number of hydrogen-bond acceptors (Lipinski definition) is 5. The Kier molecular flexibility index (Phi) is 4.51. The van der Waals surface area contributed by atoms with E-state index in [1.807, 2.05) is 66.9 Å². The van der Waals surface area contributed by atoms with Gasteiger partial charge in [-0.3, -0.25) is 4.79 Å². The van der Waals surface area contributed by atoms with E-state index in [9.17, 15) is 4.79 Å². The smallest absolute Gasteiger partial charge is 0.225 e. The standard InChI is InChI=1S/C20H23N5O2/c1-13(9-18-14(2)22-27-15(18)3)20(26)24-10-17(11-24)25-12-19(21-23-25)16-7-5-4-6-8-16/h4-8,12-13,17H,9-11H2,1-3H3. The van der Waals surface area contributed by atoms with Crippen LogP contribution in [0.15, 0.2) is 41.1 Å². The summed E-state index contributed by atoms with van der Waals surface area (Å²) in [4.78, 5) is 14.6. The molecule has 140 valence electrons. The fourth-order valence-corrected chi connectivity index (χ4v) is 3.50. The van der Waals surface area contributed by atoms with Gasteiger partial charge in [0.05, 0.1) is 17.9 Å². The summed E-state index contributed by atoms with van der Waals surface area (Å²) in [7, 11) is 0. The van der Waals surface area contributed by atoms with E-state index in [-0.39, 0.29) is 17.9 Å². The fraction of sp³-hybridized carbons (Fsp3) is 0.400. The van der Waals surface area contributed by atoms with Crippen molar-refractivity contribution in [3.8, 4) is 11.3 Å². The van der Waals surface area contributed by atoms with E-state index in [0.717, 1.165) is 28.3 Å². The molecule has 2 aromatic heterocycles. The van der Waals surface area contributed by atoms with Crippen LogP contribution in [0.1, 0.15) is 30.0 Å². The van der Waals surface area contributed by atoms with Gasteiger partial charge in [0.25, 0.3) is 0 Å². The van der Waals surface area contributed by atoms with Crippen LogP contribution in [0.25, 0.3) is 11.3 Å². The van der Waals surface area contributed by atoms with Crippen LogP contribution in [0.5, 0.6) is 0 Å². The van der Waals surface area contributed by atoms with Gasteiger partial charge in [-0.25, -0.2) is 4.68 Å². The van der Waals surface area contributed by atoms with Gasteiger partial charge in [-0.15, -0.1) is 5.10 Å². The van der Waals surface area contributed by atoms with Crippen molar-refractivity contribution in [2.45, 2.75) is 33.2 Å². The summed E-state index contributed by atoms with van der Waals surface area (Å²) < 4.78 is 7.06. The van der Waals surface area contributed by atoms with Gasteiger partial charge in [-0.1, -0.05) is 47.6 Å². The third-order valence-corrected chi connectivity index (χ3v) is 5.24. The first-order valence-corrected chi connectivity index (χ1v) is 9.20. The molecule has 1 aromatic carbocycles. The van der Waals surface area contributed by atoms with E-state index in [2.05, 4.69) is 15.5 Å². The molecule has 3 heterocycles. The van der Waals surface area contributed by atoms with Gasteiger partial charge in [-0.05, 0) is 20.3 Å². The molecular weight excluding hydrogens is 342 g/mol.